The van der Waals surface area contributed by atoms with Crippen molar-refractivity contribution in [2.45, 2.75) is 51.0 Å². The van der Waals surface area contributed by atoms with Crippen molar-refractivity contribution < 1.29 is 19.5 Å². The summed E-state index contributed by atoms with van der Waals surface area (Å²) < 4.78 is 0. The summed E-state index contributed by atoms with van der Waals surface area (Å²) in [5.41, 5.74) is 2.71. The lowest BCUT2D eigenvalue weighted by Gasteiger charge is -2.17. The Kier molecular flexibility index (Phi) is 8.49. The predicted octanol–water partition coefficient (Wildman–Crippen LogP) is 3.70. The van der Waals surface area contributed by atoms with Crippen LogP contribution in [-0.2, 0) is 22.4 Å². The summed E-state index contributed by atoms with van der Waals surface area (Å²) in [4.78, 5) is 41.4. The van der Waals surface area contributed by atoms with E-state index in [9.17, 15) is 19.5 Å². The predicted molar refractivity (Wildman–Crippen MR) is 139 cm³/mol. The van der Waals surface area contributed by atoms with Gasteiger partial charge in [-0.25, -0.2) is 9.78 Å². The Labute approximate surface area is 210 Å². The van der Waals surface area contributed by atoms with Crippen molar-refractivity contribution >= 4 is 34.4 Å². The third kappa shape index (κ3) is 6.59. The van der Waals surface area contributed by atoms with E-state index in [-0.39, 0.29) is 18.9 Å². The van der Waals surface area contributed by atoms with Gasteiger partial charge in [0.25, 0.3) is 5.91 Å². The standard InChI is InChI=1S/C28H32N4O4/c33-25(13-4-2-10-21-15-14-20-9-6-17-30-26(20)31-21)29-18-16-24(28(35)36)32-27(34)23-12-5-8-19-7-1-3-11-22(19)23/h1,3,5,7-8,11-12,14-15,24H,2,4,6,9-10,13,16-18H2,(H,29,33)(H,30,31)(H,32,34)(H,35,36). The molecule has 3 aromatic rings. The molecule has 2 heterocycles. The second kappa shape index (κ2) is 12.2. The van der Waals surface area contributed by atoms with Gasteiger partial charge in [-0.2, -0.15) is 0 Å². The van der Waals surface area contributed by atoms with Gasteiger partial charge in [-0.05, 0) is 67.0 Å². The van der Waals surface area contributed by atoms with Crippen LogP contribution in [0.4, 0.5) is 5.82 Å². The quantitative estimate of drug-likeness (QED) is 0.306. The summed E-state index contributed by atoms with van der Waals surface area (Å²) in [5, 5.41) is 19.9. The molecule has 8 heteroatoms. The molecular weight excluding hydrogens is 456 g/mol. The molecule has 0 radical (unpaired) electrons. The molecule has 0 saturated carbocycles. The van der Waals surface area contributed by atoms with Gasteiger partial charge in [-0.3, -0.25) is 9.59 Å². The number of pyridine rings is 1. The number of unbranched alkanes of at least 4 members (excludes halogenated alkanes) is 1. The molecule has 2 aromatic carbocycles. The van der Waals surface area contributed by atoms with Gasteiger partial charge >= 0.3 is 5.97 Å². The summed E-state index contributed by atoms with van der Waals surface area (Å²) in [5.74, 6) is -0.724. The van der Waals surface area contributed by atoms with Crippen LogP contribution in [0, 0.1) is 0 Å². The summed E-state index contributed by atoms with van der Waals surface area (Å²) >= 11 is 0. The van der Waals surface area contributed by atoms with E-state index < -0.39 is 17.9 Å². The highest BCUT2D eigenvalue weighted by atomic mass is 16.4. The zero-order valence-corrected chi connectivity index (χ0v) is 20.3. The monoisotopic (exact) mass is 488 g/mol. The Bertz CT molecular complexity index is 1240. The lowest BCUT2D eigenvalue weighted by molar-refractivity contribution is -0.139. The number of anilines is 1. The molecule has 1 aromatic heterocycles. The molecule has 0 aliphatic carbocycles. The lowest BCUT2D eigenvalue weighted by Crippen LogP contribution is -2.43. The van der Waals surface area contributed by atoms with E-state index in [0.717, 1.165) is 60.9 Å². The van der Waals surface area contributed by atoms with Gasteiger partial charge in [0.2, 0.25) is 5.91 Å². The van der Waals surface area contributed by atoms with Gasteiger partial charge in [0.05, 0.1) is 0 Å². The molecule has 0 fully saturated rings. The minimum Gasteiger partial charge on any atom is -0.480 e. The first-order chi connectivity index (χ1) is 17.5. The normalized spacial score (nSPS) is 13.3. The number of hydrogen-bond acceptors (Lipinski definition) is 5. The van der Waals surface area contributed by atoms with Gasteiger partial charge in [-0.1, -0.05) is 42.5 Å². The smallest absolute Gasteiger partial charge is 0.326 e. The van der Waals surface area contributed by atoms with Crippen LogP contribution in [0.3, 0.4) is 0 Å². The third-order valence-electron chi connectivity index (χ3n) is 6.43. The van der Waals surface area contributed by atoms with Crippen molar-refractivity contribution in [2.24, 2.45) is 0 Å². The fraction of sp³-hybridized carbons (Fsp3) is 0.357. The van der Waals surface area contributed by atoms with Gasteiger partial charge in [0.1, 0.15) is 11.9 Å². The molecule has 1 aliphatic heterocycles. The largest absolute Gasteiger partial charge is 0.480 e. The lowest BCUT2D eigenvalue weighted by atomic mass is 10.0. The van der Waals surface area contributed by atoms with Gasteiger partial charge < -0.3 is 21.1 Å². The van der Waals surface area contributed by atoms with Crippen LogP contribution in [0.5, 0.6) is 0 Å². The van der Waals surface area contributed by atoms with E-state index >= 15 is 0 Å². The Morgan fingerprint density at radius 3 is 2.72 bits per heavy atom. The fourth-order valence-electron chi connectivity index (χ4n) is 4.46. The van der Waals surface area contributed by atoms with E-state index in [0.29, 0.717) is 12.0 Å². The molecule has 0 saturated heterocycles. The summed E-state index contributed by atoms with van der Waals surface area (Å²) in [6.07, 6.45) is 5.03. The number of hydrogen-bond donors (Lipinski definition) is 4. The Hall–Kier alpha value is -3.94. The second-order valence-corrected chi connectivity index (χ2v) is 9.08. The number of benzene rings is 2. The SMILES string of the molecule is O=C(CCCCc1ccc2c(n1)NCCC2)NCCC(NC(=O)c1cccc2ccccc12)C(=O)O. The number of nitrogens with one attached hydrogen (secondary N) is 3. The molecule has 0 bridgehead atoms. The number of rotatable bonds is 11. The van der Waals surface area contributed by atoms with Crippen molar-refractivity contribution in [2.75, 3.05) is 18.4 Å². The molecule has 1 atom stereocenters. The minimum atomic E-state index is -1.13. The minimum absolute atomic E-state index is 0.101. The van der Waals surface area contributed by atoms with Gasteiger partial charge in [0.15, 0.2) is 0 Å². The molecular formula is C28H32N4O4. The average Bonchev–Trinajstić information content (AvgIpc) is 2.90. The maximum atomic E-state index is 12.8. The van der Waals surface area contributed by atoms with E-state index in [4.69, 9.17) is 0 Å². The van der Waals surface area contributed by atoms with E-state index in [1.165, 1.54) is 5.56 Å². The summed E-state index contributed by atoms with van der Waals surface area (Å²) in [7, 11) is 0. The highest BCUT2D eigenvalue weighted by Gasteiger charge is 2.21. The number of carbonyl (C=O) groups is 3. The van der Waals surface area contributed by atoms with Crippen LogP contribution in [0.25, 0.3) is 10.8 Å². The van der Waals surface area contributed by atoms with Crippen molar-refractivity contribution in [3.05, 3.63) is 71.4 Å². The number of aromatic nitrogens is 1. The van der Waals surface area contributed by atoms with Crippen molar-refractivity contribution in [3.8, 4) is 0 Å². The number of carboxylic acid groups (broad SMARTS) is 1. The Morgan fingerprint density at radius 1 is 1.03 bits per heavy atom. The van der Waals surface area contributed by atoms with Crippen LogP contribution in [0.1, 0.15) is 53.7 Å². The molecule has 0 spiro atoms. The van der Waals surface area contributed by atoms with Crippen molar-refractivity contribution in [1.82, 2.24) is 15.6 Å². The first kappa shape index (κ1) is 25.2. The maximum absolute atomic E-state index is 12.8. The molecule has 188 valence electrons. The fourth-order valence-corrected chi connectivity index (χ4v) is 4.46. The number of carboxylic acids is 1. The molecule has 4 rings (SSSR count). The second-order valence-electron chi connectivity index (χ2n) is 9.08. The zero-order valence-electron chi connectivity index (χ0n) is 20.3. The average molecular weight is 489 g/mol. The van der Waals surface area contributed by atoms with Crippen LogP contribution in [0.15, 0.2) is 54.6 Å². The number of amides is 2. The van der Waals surface area contributed by atoms with Crippen LogP contribution >= 0.6 is 0 Å². The van der Waals surface area contributed by atoms with E-state index in [1.54, 1.807) is 12.1 Å². The number of fused-ring (bicyclic) bond motifs is 2. The molecule has 4 N–H and O–H groups in total. The van der Waals surface area contributed by atoms with Gasteiger partial charge in [-0.15, -0.1) is 0 Å². The number of aliphatic carboxylic acids is 1. The first-order valence-electron chi connectivity index (χ1n) is 12.5. The molecule has 1 unspecified atom stereocenters. The van der Waals surface area contributed by atoms with Crippen LogP contribution in [-0.4, -0.2) is 47.0 Å². The topological polar surface area (TPSA) is 120 Å². The van der Waals surface area contributed by atoms with Crippen LogP contribution in [0.2, 0.25) is 0 Å². The zero-order chi connectivity index (χ0) is 25.3. The maximum Gasteiger partial charge on any atom is 0.326 e. The van der Waals surface area contributed by atoms with Gasteiger partial charge in [0, 0.05) is 30.8 Å². The van der Waals surface area contributed by atoms with E-state index in [2.05, 4.69) is 33.1 Å². The van der Waals surface area contributed by atoms with Crippen molar-refractivity contribution in [3.63, 3.8) is 0 Å². The molecule has 36 heavy (non-hydrogen) atoms. The number of nitrogens with zero attached hydrogens (tertiary/aromatic N) is 1. The van der Waals surface area contributed by atoms with E-state index in [1.807, 2.05) is 30.3 Å². The molecule has 1 aliphatic rings. The highest BCUT2D eigenvalue weighted by Crippen LogP contribution is 2.21. The van der Waals surface area contributed by atoms with Crippen molar-refractivity contribution in [1.29, 1.82) is 0 Å². The number of carbonyl (C=O) groups excluding carboxylic acids is 2. The first-order valence-corrected chi connectivity index (χ1v) is 12.5. The van der Waals surface area contributed by atoms with Crippen LogP contribution < -0.4 is 16.0 Å². The Balaban J connectivity index is 1.19. The molecule has 2 amide bonds. The highest BCUT2D eigenvalue weighted by molar-refractivity contribution is 6.07. The Morgan fingerprint density at radius 2 is 1.86 bits per heavy atom. The summed E-state index contributed by atoms with van der Waals surface area (Å²) in [6.45, 7) is 1.13. The third-order valence-corrected chi connectivity index (χ3v) is 6.43. The summed E-state index contributed by atoms with van der Waals surface area (Å²) in [6, 6.07) is 15.9. The number of aryl methyl sites for hydroxylation is 2. The molecule has 8 nitrogen and oxygen atoms in total.